The second-order valence-corrected chi connectivity index (χ2v) is 8.00. The van der Waals surface area contributed by atoms with E-state index in [1.54, 1.807) is 18.4 Å². The molecule has 1 saturated heterocycles. The van der Waals surface area contributed by atoms with E-state index in [2.05, 4.69) is 10.6 Å². The van der Waals surface area contributed by atoms with Gasteiger partial charge in [0.05, 0.1) is 36.0 Å². The minimum atomic E-state index is -4.60. The lowest BCUT2D eigenvalue weighted by Gasteiger charge is -2.34. The van der Waals surface area contributed by atoms with Gasteiger partial charge in [0.2, 0.25) is 11.8 Å². The van der Waals surface area contributed by atoms with Crippen molar-refractivity contribution in [3.63, 3.8) is 0 Å². The summed E-state index contributed by atoms with van der Waals surface area (Å²) < 4.78 is 44.2. The van der Waals surface area contributed by atoms with Crippen LogP contribution in [0.25, 0.3) is 0 Å². The van der Waals surface area contributed by atoms with Gasteiger partial charge in [-0.2, -0.15) is 13.2 Å². The normalized spacial score (nSPS) is 16.5. The van der Waals surface area contributed by atoms with Crippen molar-refractivity contribution in [2.24, 2.45) is 0 Å². The van der Waals surface area contributed by atoms with Crippen LogP contribution in [0.1, 0.15) is 24.3 Å². The number of hydrogen-bond acceptors (Lipinski definition) is 5. The quantitative estimate of drug-likeness (QED) is 0.646. The third-order valence-electron chi connectivity index (χ3n) is 5.10. The highest BCUT2D eigenvalue weighted by atomic mass is 35.5. The number of nitrogens with one attached hydrogen (secondary N) is 2. The van der Waals surface area contributed by atoms with Crippen LogP contribution in [-0.4, -0.2) is 60.9 Å². The minimum absolute atomic E-state index is 0.0349. The predicted molar refractivity (Wildman–Crippen MR) is 113 cm³/mol. The molecule has 0 radical (unpaired) electrons. The monoisotopic (exact) mass is 472 g/mol. The Morgan fingerprint density at radius 2 is 1.72 bits per heavy atom. The second-order valence-electron chi connectivity index (χ2n) is 7.60. The molecule has 0 spiro atoms. The van der Waals surface area contributed by atoms with Crippen molar-refractivity contribution in [3.05, 3.63) is 52.9 Å². The van der Waals surface area contributed by atoms with Gasteiger partial charge in [0.25, 0.3) is 0 Å². The summed E-state index contributed by atoms with van der Waals surface area (Å²) in [5.74, 6) is 0.138. The zero-order chi connectivity index (χ0) is 23.3. The lowest BCUT2D eigenvalue weighted by atomic mass is 10.2. The Labute approximate surface area is 188 Å². The van der Waals surface area contributed by atoms with Crippen LogP contribution in [0.15, 0.2) is 41.0 Å². The average Bonchev–Trinajstić information content (AvgIpc) is 3.25. The highest BCUT2D eigenvalue weighted by Crippen LogP contribution is 2.36. The fourth-order valence-corrected chi connectivity index (χ4v) is 3.65. The smallest absolute Gasteiger partial charge is 0.417 e. The molecule has 1 aromatic carbocycles. The maximum absolute atomic E-state index is 13.0. The van der Waals surface area contributed by atoms with Crippen molar-refractivity contribution >= 4 is 29.1 Å². The number of furan rings is 1. The van der Waals surface area contributed by atoms with Gasteiger partial charge in [-0.25, -0.2) is 0 Å². The van der Waals surface area contributed by atoms with Gasteiger partial charge in [0.15, 0.2) is 0 Å². The first kappa shape index (κ1) is 24.1. The zero-order valence-electron chi connectivity index (χ0n) is 17.4. The molecule has 1 atom stereocenters. The van der Waals surface area contributed by atoms with E-state index in [0.29, 0.717) is 31.9 Å². The van der Waals surface area contributed by atoms with Crippen LogP contribution in [0, 0.1) is 0 Å². The summed E-state index contributed by atoms with van der Waals surface area (Å²) in [5, 5.41) is 4.94. The fourth-order valence-electron chi connectivity index (χ4n) is 3.43. The van der Waals surface area contributed by atoms with Gasteiger partial charge in [-0.3, -0.25) is 19.4 Å². The molecule has 0 bridgehead atoms. The third-order valence-corrected chi connectivity index (χ3v) is 5.43. The zero-order valence-corrected chi connectivity index (χ0v) is 18.2. The third kappa shape index (κ3) is 6.72. The summed E-state index contributed by atoms with van der Waals surface area (Å²) in [6, 6.07) is 6.58. The average molecular weight is 473 g/mol. The second kappa shape index (κ2) is 10.4. The van der Waals surface area contributed by atoms with Gasteiger partial charge >= 0.3 is 6.18 Å². The van der Waals surface area contributed by atoms with E-state index in [1.165, 1.54) is 6.07 Å². The van der Waals surface area contributed by atoms with Crippen LogP contribution < -0.4 is 10.6 Å². The molecule has 1 aromatic heterocycles. The van der Waals surface area contributed by atoms with Crippen molar-refractivity contribution in [1.82, 2.24) is 15.1 Å². The highest BCUT2D eigenvalue weighted by Gasteiger charge is 2.33. The standard InChI is InChI=1S/C21H24ClF3N4O3/c1-14(18-3-2-10-32-18)26-19(30)12-28-6-8-29(9-7-28)13-20(31)27-15-4-5-17(22)16(11-15)21(23,24)25/h2-5,10-11,14H,6-9,12-13H2,1H3,(H,26,30)(H,27,31). The number of nitrogens with zero attached hydrogens (tertiary/aromatic N) is 2. The molecule has 1 unspecified atom stereocenters. The number of hydrogen-bond donors (Lipinski definition) is 2. The van der Waals surface area contributed by atoms with Crippen LogP contribution in [0.2, 0.25) is 5.02 Å². The molecule has 11 heteroatoms. The fraction of sp³-hybridized carbons (Fsp3) is 0.429. The SMILES string of the molecule is CC(NC(=O)CN1CCN(CC(=O)Nc2ccc(Cl)c(C(F)(F)F)c2)CC1)c1ccco1. The van der Waals surface area contributed by atoms with E-state index < -0.39 is 22.7 Å². The van der Waals surface area contributed by atoms with E-state index in [0.717, 1.165) is 12.1 Å². The predicted octanol–water partition coefficient (Wildman–Crippen LogP) is 3.39. The number of amides is 2. The molecular formula is C21H24ClF3N4O3. The molecule has 1 aliphatic heterocycles. The highest BCUT2D eigenvalue weighted by molar-refractivity contribution is 6.31. The van der Waals surface area contributed by atoms with Gasteiger partial charge in [0.1, 0.15) is 5.76 Å². The van der Waals surface area contributed by atoms with Gasteiger partial charge in [-0.05, 0) is 37.3 Å². The Hall–Kier alpha value is -2.56. The summed E-state index contributed by atoms with van der Waals surface area (Å²) in [7, 11) is 0. The first-order valence-corrected chi connectivity index (χ1v) is 10.4. The van der Waals surface area contributed by atoms with E-state index in [9.17, 15) is 22.8 Å². The van der Waals surface area contributed by atoms with Crippen LogP contribution in [0.5, 0.6) is 0 Å². The molecule has 0 aliphatic carbocycles. The molecule has 2 amide bonds. The number of benzene rings is 1. The number of halogens is 4. The van der Waals surface area contributed by atoms with E-state index >= 15 is 0 Å². The minimum Gasteiger partial charge on any atom is -0.467 e. The van der Waals surface area contributed by atoms with Crippen LogP contribution in [0.4, 0.5) is 18.9 Å². The number of rotatable bonds is 7. The number of piperazine rings is 1. The topological polar surface area (TPSA) is 77.8 Å². The van der Waals surface area contributed by atoms with Crippen molar-refractivity contribution < 1.29 is 27.2 Å². The maximum atomic E-state index is 13.0. The Balaban J connectivity index is 1.42. The first-order chi connectivity index (χ1) is 15.1. The molecule has 1 fully saturated rings. The van der Waals surface area contributed by atoms with Gasteiger partial charge in [0, 0.05) is 31.9 Å². The Kier molecular flexibility index (Phi) is 7.81. The van der Waals surface area contributed by atoms with Crippen molar-refractivity contribution in [2.45, 2.75) is 19.1 Å². The molecule has 2 heterocycles. The summed E-state index contributed by atoms with van der Waals surface area (Å²) in [6.07, 6.45) is -3.05. The molecular weight excluding hydrogens is 449 g/mol. The molecule has 2 N–H and O–H groups in total. The Bertz CT molecular complexity index is 929. The van der Waals surface area contributed by atoms with Crippen molar-refractivity contribution in [3.8, 4) is 0 Å². The van der Waals surface area contributed by atoms with Crippen molar-refractivity contribution in [2.75, 3.05) is 44.6 Å². The van der Waals surface area contributed by atoms with Crippen molar-refractivity contribution in [1.29, 1.82) is 0 Å². The Morgan fingerprint density at radius 1 is 1.09 bits per heavy atom. The maximum Gasteiger partial charge on any atom is 0.417 e. The van der Waals surface area contributed by atoms with Crippen LogP contribution in [-0.2, 0) is 15.8 Å². The van der Waals surface area contributed by atoms with Gasteiger partial charge < -0.3 is 15.1 Å². The molecule has 0 saturated carbocycles. The molecule has 3 rings (SSSR count). The molecule has 2 aromatic rings. The molecule has 174 valence electrons. The summed E-state index contributed by atoms with van der Waals surface area (Å²) in [6.45, 7) is 4.41. The number of anilines is 1. The van der Waals surface area contributed by atoms with Gasteiger partial charge in [-0.1, -0.05) is 11.6 Å². The first-order valence-electron chi connectivity index (χ1n) is 10.1. The largest absolute Gasteiger partial charge is 0.467 e. The van der Waals surface area contributed by atoms with E-state index in [4.69, 9.17) is 16.0 Å². The Morgan fingerprint density at radius 3 is 2.28 bits per heavy atom. The summed E-state index contributed by atoms with van der Waals surface area (Å²) in [4.78, 5) is 28.4. The lowest BCUT2D eigenvalue weighted by molar-refractivity contribution is -0.137. The van der Waals surface area contributed by atoms with Gasteiger partial charge in [-0.15, -0.1) is 0 Å². The van der Waals surface area contributed by atoms with E-state index in [-0.39, 0.29) is 30.7 Å². The van der Waals surface area contributed by atoms with Crippen LogP contribution >= 0.6 is 11.6 Å². The summed E-state index contributed by atoms with van der Waals surface area (Å²) >= 11 is 5.60. The van der Waals surface area contributed by atoms with Crippen LogP contribution in [0.3, 0.4) is 0 Å². The number of alkyl halides is 3. The number of carbonyl (C=O) groups is 2. The summed E-state index contributed by atoms with van der Waals surface area (Å²) in [5.41, 5.74) is -0.960. The molecule has 7 nitrogen and oxygen atoms in total. The number of carbonyl (C=O) groups excluding carboxylic acids is 2. The molecule has 32 heavy (non-hydrogen) atoms. The molecule has 1 aliphatic rings. The van der Waals surface area contributed by atoms with E-state index in [1.807, 2.05) is 16.7 Å². The lowest BCUT2D eigenvalue weighted by Crippen LogP contribution is -2.51.